The van der Waals surface area contributed by atoms with E-state index in [-0.39, 0.29) is 0 Å². The van der Waals surface area contributed by atoms with Crippen LogP contribution < -0.4 is 16.4 Å². The van der Waals surface area contributed by atoms with E-state index in [1.807, 2.05) is 7.05 Å². The molecule has 18 heavy (non-hydrogen) atoms. The Balaban J connectivity index is 2.17. The number of carbonyl (C=O) groups is 1. The SMILES string of the molecule is CN(CC1CCCC1)c1cnc(N)cc1C(N)=O. The van der Waals surface area contributed by atoms with E-state index < -0.39 is 5.91 Å². The highest BCUT2D eigenvalue weighted by Gasteiger charge is 2.19. The third kappa shape index (κ3) is 2.72. The summed E-state index contributed by atoms with van der Waals surface area (Å²) in [6.45, 7) is 0.936. The largest absolute Gasteiger partial charge is 0.384 e. The number of pyridine rings is 1. The average Bonchev–Trinajstić information content (AvgIpc) is 2.81. The van der Waals surface area contributed by atoms with E-state index >= 15 is 0 Å². The minimum Gasteiger partial charge on any atom is -0.384 e. The molecule has 1 aromatic rings. The van der Waals surface area contributed by atoms with Crippen molar-refractivity contribution >= 4 is 17.4 Å². The van der Waals surface area contributed by atoms with Crippen molar-refractivity contribution in [2.45, 2.75) is 25.7 Å². The molecule has 0 spiro atoms. The Morgan fingerprint density at radius 2 is 2.17 bits per heavy atom. The molecule has 1 heterocycles. The maximum atomic E-state index is 11.4. The highest BCUT2D eigenvalue weighted by Crippen LogP contribution is 2.28. The van der Waals surface area contributed by atoms with E-state index in [1.165, 1.54) is 25.7 Å². The third-order valence-electron chi connectivity index (χ3n) is 3.59. The number of carbonyl (C=O) groups excluding carboxylic acids is 1. The Morgan fingerprint density at radius 1 is 1.50 bits per heavy atom. The minimum absolute atomic E-state index is 0.321. The Hall–Kier alpha value is -1.78. The van der Waals surface area contributed by atoms with Gasteiger partial charge in [-0.1, -0.05) is 12.8 Å². The van der Waals surface area contributed by atoms with Crippen molar-refractivity contribution in [2.75, 3.05) is 24.2 Å². The number of amides is 1. The quantitative estimate of drug-likeness (QED) is 0.843. The number of aromatic nitrogens is 1. The van der Waals surface area contributed by atoms with Crippen LogP contribution in [0, 0.1) is 5.92 Å². The van der Waals surface area contributed by atoms with Crippen molar-refractivity contribution in [3.63, 3.8) is 0 Å². The first kappa shape index (κ1) is 12.7. The fourth-order valence-corrected chi connectivity index (χ4v) is 2.64. The van der Waals surface area contributed by atoms with Crippen LogP contribution in [0.5, 0.6) is 0 Å². The minimum atomic E-state index is -0.461. The number of nitrogens with two attached hydrogens (primary N) is 2. The molecule has 2 rings (SSSR count). The summed E-state index contributed by atoms with van der Waals surface area (Å²) in [4.78, 5) is 17.5. The highest BCUT2D eigenvalue weighted by molar-refractivity contribution is 5.99. The zero-order valence-electron chi connectivity index (χ0n) is 10.7. The molecule has 0 aliphatic heterocycles. The summed E-state index contributed by atoms with van der Waals surface area (Å²) in [5.41, 5.74) is 12.2. The average molecular weight is 248 g/mol. The monoisotopic (exact) mass is 248 g/mol. The van der Waals surface area contributed by atoms with Gasteiger partial charge in [0, 0.05) is 13.6 Å². The molecule has 1 aliphatic rings. The fraction of sp³-hybridized carbons (Fsp3) is 0.538. The first-order chi connectivity index (χ1) is 8.58. The van der Waals surface area contributed by atoms with Crippen molar-refractivity contribution in [1.29, 1.82) is 0 Å². The van der Waals surface area contributed by atoms with E-state index in [1.54, 1.807) is 12.3 Å². The molecule has 5 heteroatoms. The Kier molecular flexibility index (Phi) is 3.69. The third-order valence-corrected chi connectivity index (χ3v) is 3.59. The number of rotatable bonds is 4. The van der Waals surface area contributed by atoms with Gasteiger partial charge in [0.1, 0.15) is 5.82 Å². The van der Waals surface area contributed by atoms with E-state index in [9.17, 15) is 4.79 Å². The smallest absolute Gasteiger partial charge is 0.251 e. The van der Waals surface area contributed by atoms with Crippen LogP contribution in [0.25, 0.3) is 0 Å². The van der Waals surface area contributed by atoms with Crippen LogP contribution in [0.2, 0.25) is 0 Å². The van der Waals surface area contributed by atoms with Gasteiger partial charge in [0.15, 0.2) is 0 Å². The van der Waals surface area contributed by atoms with E-state index in [2.05, 4.69) is 9.88 Å². The molecule has 0 atom stereocenters. The first-order valence-electron chi connectivity index (χ1n) is 6.34. The van der Waals surface area contributed by atoms with Crippen molar-refractivity contribution in [3.8, 4) is 0 Å². The van der Waals surface area contributed by atoms with Gasteiger partial charge in [0.05, 0.1) is 17.4 Å². The van der Waals surface area contributed by atoms with Crippen LogP contribution in [0.3, 0.4) is 0 Å². The van der Waals surface area contributed by atoms with E-state index in [4.69, 9.17) is 11.5 Å². The molecule has 4 N–H and O–H groups in total. The maximum absolute atomic E-state index is 11.4. The Morgan fingerprint density at radius 3 is 2.78 bits per heavy atom. The predicted molar refractivity (Wildman–Crippen MR) is 72.4 cm³/mol. The van der Waals surface area contributed by atoms with Crippen LogP contribution >= 0.6 is 0 Å². The molecular weight excluding hydrogens is 228 g/mol. The molecule has 0 radical (unpaired) electrons. The maximum Gasteiger partial charge on any atom is 0.251 e. The van der Waals surface area contributed by atoms with Crippen LogP contribution in [-0.2, 0) is 0 Å². The molecule has 1 aromatic heterocycles. The van der Waals surface area contributed by atoms with Crippen LogP contribution in [-0.4, -0.2) is 24.5 Å². The molecule has 1 saturated carbocycles. The van der Waals surface area contributed by atoms with Crippen molar-refractivity contribution in [3.05, 3.63) is 17.8 Å². The molecule has 1 aliphatic carbocycles. The summed E-state index contributed by atoms with van der Waals surface area (Å²) in [5.74, 6) is 0.562. The Labute approximate surface area is 107 Å². The second-order valence-electron chi connectivity index (χ2n) is 5.02. The van der Waals surface area contributed by atoms with Gasteiger partial charge in [-0.2, -0.15) is 0 Å². The summed E-state index contributed by atoms with van der Waals surface area (Å²) >= 11 is 0. The number of nitrogens with zero attached hydrogens (tertiary/aromatic N) is 2. The lowest BCUT2D eigenvalue weighted by Crippen LogP contribution is -2.27. The normalized spacial score (nSPS) is 15.8. The molecule has 5 nitrogen and oxygen atoms in total. The number of anilines is 2. The summed E-state index contributed by atoms with van der Waals surface area (Å²) < 4.78 is 0. The van der Waals surface area contributed by atoms with E-state index in [0.29, 0.717) is 17.3 Å². The number of primary amides is 1. The predicted octanol–water partition coefficient (Wildman–Crippen LogP) is 1.39. The lowest BCUT2D eigenvalue weighted by Gasteiger charge is -2.24. The number of hydrogen-bond acceptors (Lipinski definition) is 4. The van der Waals surface area contributed by atoms with E-state index in [0.717, 1.165) is 12.2 Å². The van der Waals surface area contributed by atoms with Crippen LogP contribution in [0.1, 0.15) is 36.0 Å². The highest BCUT2D eigenvalue weighted by atomic mass is 16.1. The summed E-state index contributed by atoms with van der Waals surface area (Å²) in [6.07, 6.45) is 6.77. The lowest BCUT2D eigenvalue weighted by molar-refractivity contribution is 0.100. The first-order valence-corrected chi connectivity index (χ1v) is 6.34. The van der Waals surface area contributed by atoms with Gasteiger partial charge in [0.2, 0.25) is 0 Å². The number of nitrogen functional groups attached to an aromatic ring is 1. The van der Waals surface area contributed by atoms with Crippen molar-refractivity contribution in [2.24, 2.45) is 11.7 Å². The summed E-state index contributed by atoms with van der Waals surface area (Å²) in [5, 5.41) is 0. The van der Waals surface area contributed by atoms with Gasteiger partial charge in [-0.25, -0.2) is 4.98 Å². The molecular formula is C13H20N4O. The lowest BCUT2D eigenvalue weighted by atomic mass is 10.1. The second kappa shape index (κ2) is 5.25. The molecule has 0 aromatic carbocycles. The molecule has 0 bridgehead atoms. The molecule has 98 valence electrons. The summed E-state index contributed by atoms with van der Waals surface area (Å²) in [6, 6.07) is 1.54. The zero-order valence-corrected chi connectivity index (χ0v) is 10.7. The summed E-state index contributed by atoms with van der Waals surface area (Å²) in [7, 11) is 1.97. The molecule has 1 amide bonds. The molecule has 1 fully saturated rings. The fourth-order valence-electron chi connectivity index (χ4n) is 2.64. The van der Waals surface area contributed by atoms with Crippen molar-refractivity contribution in [1.82, 2.24) is 4.98 Å². The van der Waals surface area contributed by atoms with Gasteiger partial charge < -0.3 is 16.4 Å². The van der Waals surface area contributed by atoms with Gasteiger partial charge in [-0.3, -0.25) is 4.79 Å². The van der Waals surface area contributed by atoms with Crippen LogP contribution in [0.4, 0.5) is 11.5 Å². The zero-order chi connectivity index (χ0) is 13.1. The van der Waals surface area contributed by atoms with Gasteiger partial charge in [-0.15, -0.1) is 0 Å². The van der Waals surface area contributed by atoms with Gasteiger partial charge in [0.25, 0.3) is 5.91 Å². The van der Waals surface area contributed by atoms with Crippen LogP contribution in [0.15, 0.2) is 12.3 Å². The second-order valence-corrected chi connectivity index (χ2v) is 5.02. The standard InChI is InChI=1S/C13H20N4O/c1-17(8-9-4-2-3-5-9)11-7-16-12(14)6-10(11)13(15)18/h6-7,9H,2-5,8H2,1H3,(H2,14,16)(H2,15,18). The van der Waals surface area contributed by atoms with Crippen molar-refractivity contribution < 1.29 is 4.79 Å². The van der Waals surface area contributed by atoms with Gasteiger partial charge in [-0.05, 0) is 24.8 Å². The Bertz CT molecular complexity index is 441. The van der Waals surface area contributed by atoms with Gasteiger partial charge >= 0.3 is 0 Å². The molecule has 0 unspecified atom stereocenters. The number of hydrogen-bond donors (Lipinski definition) is 2. The topological polar surface area (TPSA) is 85.2 Å². The molecule has 0 saturated heterocycles.